The molecule has 1 rings (SSSR count). The number of hydrogen-bond donors (Lipinski definition) is 1. The van der Waals surface area contributed by atoms with E-state index in [1.165, 1.54) is 7.11 Å². The summed E-state index contributed by atoms with van der Waals surface area (Å²) < 4.78 is 10.3. The van der Waals surface area contributed by atoms with Crippen LogP contribution >= 0.6 is 0 Å². The second-order valence-corrected chi connectivity index (χ2v) is 4.68. The number of rotatable bonds is 9. The van der Waals surface area contributed by atoms with Gasteiger partial charge in [-0.1, -0.05) is 13.8 Å². The maximum Gasteiger partial charge on any atom is 0.372 e. The molecule has 1 N–H and O–H groups in total. The number of methoxy groups -OCH3 is 1. The molecule has 0 aliphatic heterocycles. The third-order valence-electron chi connectivity index (χ3n) is 2.72. The van der Waals surface area contributed by atoms with Gasteiger partial charge < -0.3 is 14.8 Å². The summed E-state index contributed by atoms with van der Waals surface area (Å²) in [6.07, 6.45) is 0.730. The summed E-state index contributed by atoms with van der Waals surface area (Å²) in [4.78, 5) is 19.0. The van der Waals surface area contributed by atoms with Crippen LogP contribution in [0.2, 0.25) is 0 Å². The number of hydrogen-bond acceptors (Lipinski definition) is 7. The standard InChI is InChI=1S/C13H22N4O4/c1-5-21-8-6-7-14-12-10(17(18)19)13(20-4)16-11(15-12)9(2)3/h9H,5-8H2,1-4H3,(H,14,15,16). The molecule has 118 valence electrons. The Morgan fingerprint density at radius 1 is 1.38 bits per heavy atom. The van der Waals surface area contributed by atoms with E-state index in [-0.39, 0.29) is 23.3 Å². The zero-order valence-corrected chi connectivity index (χ0v) is 12.9. The quantitative estimate of drug-likeness (QED) is 0.424. The molecule has 0 spiro atoms. The summed E-state index contributed by atoms with van der Waals surface area (Å²) in [5.74, 6) is 0.714. The van der Waals surface area contributed by atoms with Crippen molar-refractivity contribution in [3.63, 3.8) is 0 Å². The van der Waals surface area contributed by atoms with E-state index < -0.39 is 4.92 Å². The zero-order chi connectivity index (χ0) is 15.8. The van der Waals surface area contributed by atoms with Gasteiger partial charge in [-0.05, 0) is 13.3 Å². The molecule has 8 heteroatoms. The highest BCUT2D eigenvalue weighted by atomic mass is 16.6. The van der Waals surface area contributed by atoms with Crippen LogP contribution in [-0.4, -0.2) is 41.8 Å². The first-order chi connectivity index (χ1) is 10.0. The summed E-state index contributed by atoms with van der Waals surface area (Å²) in [5.41, 5.74) is -0.238. The molecule has 8 nitrogen and oxygen atoms in total. The predicted molar refractivity (Wildman–Crippen MR) is 78.9 cm³/mol. The number of anilines is 1. The Labute approximate surface area is 124 Å². The van der Waals surface area contributed by atoms with Crippen LogP contribution in [0.15, 0.2) is 0 Å². The van der Waals surface area contributed by atoms with Crippen molar-refractivity contribution in [1.82, 2.24) is 9.97 Å². The Morgan fingerprint density at radius 3 is 2.62 bits per heavy atom. The molecule has 0 aliphatic rings. The summed E-state index contributed by atoms with van der Waals surface area (Å²) in [6, 6.07) is 0. The predicted octanol–water partition coefficient (Wildman–Crippen LogP) is 2.36. The molecule has 21 heavy (non-hydrogen) atoms. The lowest BCUT2D eigenvalue weighted by molar-refractivity contribution is -0.385. The maximum absolute atomic E-state index is 11.2. The third kappa shape index (κ3) is 4.82. The van der Waals surface area contributed by atoms with Crippen LogP contribution in [-0.2, 0) is 4.74 Å². The Morgan fingerprint density at radius 2 is 2.10 bits per heavy atom. The van der Waals surface area contributed by atoms with Crippen LogP contribution in [0.3, 0.4) is 0 Å². The van der Waals surface area contributed by atoms with Gasteiger partial charge in [0.25, 0.3) is 5.88 Å². The molecule has 1 aromatic rings. The van der Waals surface area contributed by atoms with E-state index in [4.69, 9.17) is 9.47 Å². The van der Waals surface area contributed by atoms with Gasteiger partial charge in [0.05, 0.1) is 12.0 Å². The number of nitro groups is 1. The molecule has 0 saturated heterocycles. The average Bonchev–Trinajstić information content (AvgIpc) is 2.45. The molecule has 0 saturated carbocycles. The topological polar surface area (TPSA) is 99.4 Å². The molecule has 0 aromatic carbocycles. The molecular weight excluding hydrogens is 276 g/mol. The summed E-state index contributed by atoms with van der Waals surface area (Å²) >= 11 is 0. The molecule has 0 amide bonds. The molecule has 0 fully saturated rings. The van der Waals surface area contributed by atoms with Crippen molar-refractivity contribution in [1.29, 1.82) is 0 Å². The molecule has 0 atom stereocenters. The van der Waals surface area contributed by atoms with Crippen molar-refractivity contribution in [3.8, 4) is 5.88 Å². The van der Waals surface area contributed by atoms with E-state index in [2.05, 4.69) is 15.3 Å². The molecule has 1 aromatic heterocycles. The molecule has 0 unspecified atom stereocenters. The van der Waals surface area contributed by atoms with Gasteiger partial charge in [0.1, 0.15) is 5.82 Å². The minimum atomic E-state index is -0.534. The van der Waals surface area contributed by atoms with E-state index >= 15 is 0 Å². The van der Waals surface area contributed by atoms with E-state index in [9.17, 15) is 10.1 Å². The molecular formula is C13H22N4O4. The summed E-state index contributed by atoms with van der Waals surface area (Å²) in [5, 5.41) is 14.2. The van der Waals surface area contributed by atoms with Crippen LogP contribution < -0.4 is 10.1 Å². The first kappa shape index (κ1) is 17.1. The number of aromatic nitrogens is 2. The lowest BCUT2D eigenvalue weighted by Gasteiger charge is -2.11. The van der Waals surface area contributed by atoms with Crippen molar-refractivity contribution in [2.45, 2.75) is 33.1 Å². The van der Waals surface area contributed by atoms with Gasteiger partial charge in [0.15, 0.2) is 0 Å². The van der Waals surface area contributed by atoms with Gasteiger partial charge >= 0.3 is 5.69 Å². The Hall–Kier alpha value is -1.96. The Kier molecular flexibility index (Phi) is 6.80. The highest BCUT2D eigenvalue weighted by Gasteiger charge is 2.26. The minimum Gasteiger partial charge on any atom is -0.476 e. The van der Waals surface area contributed by atoms with Crippen molar-refractivity contribution in [3.05, 3.63) is 15.9 Å². The number of nitrogens with zero attached hydrogens (tertiary/aromatic N) is 3. The largest absolute Gasteiger partial charge is 0.476 e. The van der Waals surface area contributed by atoms with Gasteiger partial charge in [0.2, 0.25) is 5.82 Å². The van der Waals surface area contributed by atoms with Gasteiger partial charge in [-0.25, -0.2) is 4.98 Å². The summed E-state index contributed by atoms with van der Waals surface area (Å²) in [6.45, 7) is 7.52. The molecule has 1 heterocycles. The second kappa shape index (κ2) is 8.35. The van der Waals surface area contributed by atoms with Crippen LogP contribution in [0.25, 0.3) is 0 Å². The average molecular weight is 298 g/mol. The highest BCUT2D eigenvalue weighted by Crippen LogP contribution is 2.32. The molecule has 0 radical (unpaired) electrons. The van der Waals surface area contributed by atoms with Gasteiger partial charge in [-0.3, -0.25) is 10.1 Å². The Balaban J connectivity index is 2.97. The first-order valence-electron chi connectivity index (χ1n) is 6.93. The van der Waals surface area contributed by atoms with Crippen molar-refractivity contribution >= 4 is 11.5 Å². The van der Waals surface area contributed by atoms with Crippen LogP contribution in [0.5, 0.6) is 5.88 Å². The fourth-order valence-corrected chi connectivity index (χ4v) is 1.66. The van der Waals surface area contributed by atoms with E-state index in [1.807, 2.05) is 20.8 Å². The monoisotopic (exact) mass is 298 g/mol. The first-order valence-corrected chi connectivity index (χ1v) is 6.93. The van der Waals surface area contributed by atoms with Crippen LogP contribution in [0, 0.1) is 10.1 Å². The highest BCUT2D eigenvalue weighted by molar-refractivity contribution is 5.61. The second-order valence-electron chi connectivity index (χ2n) is 4.68. The smallest absolute Gasteiger partial charge is 0.372 e. The van der Waals surface area contributed by atoms with Crippen LogP contribution in [0.1, 0.15) is 38.9 Å². The van der Waals surface area contributed by atoms with Crippen molar-refractivity contribution < 1.29 is 14.4 Å². The lowest BCUT2D eigenvalue weighted by atomic mass is 10.2. The fraction of sp³-hybridized carbons (Fsp3) is 0.692. The Bertz CT molecular complexity index is 479. The van der Waals surface area contributed by atoms with Gasteiger partial charge in [-0.2, -0.15) is 4.98 Å². The van der Waals surface area contributed by atoms with E-state index in [0.29, 0.717) is 25.6 Å². The van der Waals surface area contributed by atoms with Crippen molar-refractivity contribution in [2.75, 3.05) is 32.2 Å². The number of ether oxygens (including phenoxy) is 2. The van der Waals surface area contributed by atoms with E-state index in [1.54, 1.807) is 0 Å². The molecule has 0 bridgehead atoms. The fourth-order valence-electron chi connectivity index (χ4n) is 1.66. The van der Waals surface area contributed by atoms with Gasteiger partial charge in [-0.15, -0.1) is 0 Å². The van der Waals surface area contributed by atoms with E-state index in [0.717, 1.165) is 6.42 Å². The molecule has 0 aliphatic carbocycles. The lowest BCUT2D eigenvalue weighted by Crippen LogP contribution is -2.12. The SMILES string of the molecule is CCOCCCNc1nc(C(C)C)nc(OC)c1[N+](=O)[O-]. The number of nitrogens with one attached hydrogen (secondary N) is 1. The van der Waals surface area contributed by atoms with Crippen LogP contribution in [0.4, 0.5) is 11.5 Å². The zero-order valence-electron chi connectivity index (χ0n) is 12.9. The van der Waals surface area contributed by atoms with Crippen molar-refractivity contribution in [2.24, 2.45) is 0 Å². The summed E-state index contributed by atoms with van der Waals surface area (Å²) in [7, 11) is 1.36. The normalized spacial score (nSPS) is 10.7. The maximum atomic E-state index is 11.2. The minimum absolute atomic E-state index is 0.0222. The van der Waals surface area contributed by atoms with Gasteiger partial charge in [0, 0.05) is 25.7 Å². The third-order valence-corrected chi connectivity index (χ3v) is 2.72.